The number of ether oxygens (including phenoxy) is 1. The van der Waals surface area contributed by atoms with Gasteiger partial charge >= 0.3 is 0 Å². The Balaban J connectivity index is 1.96. The van der Waals surface area contributed by atoms with Crippen molar-refractivity contribution in [1.29, 1.82) is 0 Å². The zero-order chi connectivity index (χ0) is 11.9. The first kappa shape index (κ1) is 9.66. The van der Waals surface area contributed by atoms with E-state index in [9.17, 15) is 0 Å². The van der Waals surface area contributed by atoms with Gasteiger partial charge in [0.25, 0.3) is 0 Å². The topological polar surface area (TPSA) is 21.6 Å². The van der Waals surface area contributed by atoms with Gasteiger partial charge in [0.2, 0.25) is 5.90 Å². The third kappa shape index (κ3) is 1.32. The average Bonchev–Trinajstić information content (AvgIpc) is 2.45. The van der Waals surface area contributed by atoms with Crippen molar-refractivity contribution < 1.29 is 4.74 Å². The molecule has 0 spiro atoms. The Morgan fingerprint density at radius 3 is 2.78 bits per heavy atom. The molecule has 0 atom stereocenters. The van der Waals surface area contributed by atoms with Crippen LogP contribution < -0.4 is 4.74 Å². The molecule has 2 heteroatoms. The lowest BCUT2D eigenvalue weighted by Gasteiger charge is -2.24. The summed E-state index contributed by atoms with van der Waals surface area (Å²) < 4.78 is 5.87. The summed E-state index contributed by atoms with van der Waals surface area (Å²) in [5, 5.41) is 0. The van der Waals surface area contributed by atoms with Crippen LogP contribution >= 0.6 is 0 Å². The van der Waals surface area contributed by atoms with Crippen LogP contribution in [-0.4, -0.2) is 5.90 Å². The van der Waals surface area contributed by atoms with Crippen molar-refractivity contribution in [3.05, 3.63) is 65.2 Å². The number of benzene rings is 2. The number of fused-ring (bicyclic) bond motifs is 4. The molecule has 2 nitrogen and oxygen atoms in total. The fourth-order valence-corrected chi connectivity index (χ4v) is 2.46. The van der Waals surface area contributed by atoms with Crippen LogP contribution in [0.5, 0.6) is 5.75 Å². The van der Waals surface area contributed by atoms with E-state index in [1.54, 1.807) is 0 Å². The molecule has 0 fully saturated rings. The predicted octanol–water partition coefficient (Wildman–Crippen LogP) is 3.53. The van der Waals surface area contributed by atoms with Crippen LogP contribution in [0, 0.1) is 0 Å². The molecule has 0 amide bonds. The Bertz CT molecular complexity index is 692. The molecular formula is C16H11NO. The first-order valence-electron chi connectivity index (χ1n) is 6.03. The first-order valence-corrected chi connectivity index (χ1v) is 6.03. The average molecular weight is 233 g/mol. The summed E-state index contributed by atoms with van der Waals surface area (Å²) in [7, 11) is 0. The number of rotatable bonds is 0. The lowest BCUT2D eigenvalue weighted by molar-refractivity contribution is 0.547. The molecule has 2 aliphatic rings. The Morgan fingerprint density at radius 1 is 0.944 bits per heavy atom. The Morgan fingerprint density at radius 2 is 1.78 bits per heavy atom. The van der Waals surface area contributed by atoms with Crippen LogP contribution in [0.4, 0.5) is 0 Å². The van der Waals surface area contributed by atoms with E-state index in [2.05, 4.69) is 41.4 Å². The highest BCUT2D eigenvalue weighted by Gasteiger charge is 2.24. The summed E-state index contributed by atoms with van der Waals surface area (Å²) in [4.78, 5) is 4.52. The number of nitrogens with zero attached hydrogens (tertiary/aromatic N) is 1. The van der Waals surface area contributed by atoms with E-state index in [-0.39, 0.29) is 0 Å². The largest absolute Gasteiger partial charge is 0.438 e. The van der Waals surface area contributed by atoms with E-state index in [0.29, 0.717) is 6.54 Å². The van der Waals surface area contributed by atoms with Gasteiger partial charge < -0.3 is 4.74 Å². The van der Waals surface area contributed by atoms with Crippen LogP contribution in [-0.2, 0) is 6.54 Å². The Kier molecular flexibility index (Phi) is 1.92. The monoisotopic (exact) mass is 233 g/mol. The lowest BCUT2D eigenvalue weighted by atomic mass is 9.94. The van der Waals surface area contributed by atoms with Gasteiger partial charge in [-0.25, -0.2) is 4.99 Å². The van der Waals surface area contributed by atoms with E-state index in [1.165, 1.54) is 11.1 Å². The maximum atomic E-state index is 5.87. The second kappa shape index (κ2) is 3.57. The van der Waals surface area contributed by atoms with Gasteiger partial charge in [-0.05, 0) is 23.3 Å². The maximum absolute atomic E-state index is 5.87. The van der Waals surface area contributed by atoms with Gasteiger partial charge in [0.1, 0.15) is 5.75 Å². The molecule has 18 heavy (non-hydrogen) atoms. The third-order valence-electron chi connectivity index (χ3n) is 3.36. The summed E-state index contributed by atoms with van der Waals surface area (Å²) in [6.07, 6.45) is 2.16. The summed E-state index contributed by atoms with van der Waals surface area (Å²) in [5.41, 5.74) is 4.70. The van der Waals surface area contributed by atoms with Gasteiger partial charge in [-0.1, -0.05) is 42.5 Å². The van der Waals surface area contributed by atoms with Crippen molar-refractivity contribution in [2.24, 2.45) is 4.99 Å². The van der Waals surface area contributed by atoms with E-state index in [0.717, 1.165) is 22.8 Å². The standard InChI is InChI=1S/C16H11NO/c1-3-7-13-12(6-1)10-17-16-14(13)9-11-5-2-4-8-15(11)18-16/h1-9H,10H2. The van der Waals surface area contributed by atoms with E-state index in [4.69, 9.17) is 4.74 Å². The zero-order valence-corrected chi connectivity index (χ0v) is 9.76. The van der Waals surface area contributed by atoms with Crippen LogP contribution in [0.15, 0.2) is 53.5 Å². The highest BCUT2D eigenvalue weighted by molar-refractivity contribution is 6.27. The molecule has 0 unspecified atom stereocenters. The fraction of sp³-hybridized carbons (Fsp3) is 0.0625. The molecule has 0 aliphatic carbocycles. The maximum Gasteiger partial charge on any atom is 0.222 e. The fourth-order valence-electron chi connectivity index (χ4n) is 2.46. The van der Waals surface area contributed by atoms with E-state index >= 15 is 0 Å². The molecular weight excluding hydrogens is 222 g/mol. The smallest absolute Gasteiger partial charge is 0.222 e. The Hall–Kier alpha value is -2.35. The van der Waals surface area contributed by atoms with Gasteiger partial charge in [0, 0.05) is 11.1 Å². The van der Waals surface area contributed by atoms with Crippen LogP contribution in [0.3, 0.4) is 0 Å². The van der Waals surface area contributed by atoms with Crippen molar-refractivity contribution in [1.82, 2.24) is 0 Å². The van der Waals surface area contributed by atoms with Crippen LogP contribution in [0.25, 0.3) is 11.6 Å². The number of aliphatic imine (C=N–C) groups is 1. The molecule has 0 bridgehead atoms. The molecule has 86 valence electrons. The highest BCUT2D eigenvalue weighted by atomic mass is 16.5. The van der Waals surface area contributed by atoms with Gasteiger partial charge in [-0.15, -0.1) is 0 Å². The van der Waals surface area contributed by atoms with Crippen molar-refractivity contribution in [2.45, 2.75) is 6.54 Å². The number of hydrogen-bond donors (Lipinski definition) is 0. The van der Waals surface area contributed by atoms with Gasteiger partial charge in [0.05, 0.1) is 6.54 Å². The summed E-state index contributed by atoms with van der Waals surface area (Å²) in [5.74, 6) is 1.63. The molecule has 2 aromatic rings. The van der Waals surface area contributed by atoms with Crippen molar-refractivity contribution >= 4 is 17.5 Å². The minimum Gasteiger partial charge on any atom is -0.438 e. The van der Waals surface area contributed by atoms with E-state index in [1.807, 2.05) is 18.2 Å². The van der Waals surface area contributed by atoms with Gasteiger partial charge in [-0.2, -0.15) is 0 Å². The quantitative estimate of drug-likeness (QED) is 0.682. The van der Waals surface area contributed by atoms with E-state index < -0.39 is 0 Å². The minimum atomic E-state index is 0.699. The lowest BCUT2D eigenvalue weighted by Crippen LogP contribution is -2.19. The second-order valence-corrected chi connectivity index (χ2v) is 4.48. The normalized spacial score (nSPS) is 15.6. The van der Waals surface area contributed by atoms with Gasteiger partial charge in [-0.3, -0.25) is 0 Å². The van der Waals surface area contributed by atoms with Crippen LogP contribution in [0.2, 0.25) is 0 Å². The molecule has 0 saturated heterocycles. The molecule has 2 aromatic carbocycles. The first-order chi connectivity index (χ1) is 8.92. The SMILES string of the molecule is C1=C2C(=NCc3ccccc32)Oc2ccccc21. The molecule has 0 N–H and O–H groups in total. The zero-order valence-electron chi connectivity index (χ0n) is 9.76. The molecule has 0 saturated carbocycles. The number of para-hydroxylation sites is 1. The summed E-state index contributed by atoms with van der Waals surface area (Å²) in [6, 6.07) is 16.4. The van der Waals surface area contributed by atoms with Crippen molar-refractivity contribution in [3.8, 4) is 5.75 Å². The van der Waals surface area contributed by atoms with Gasteiger partial charge in [0.15, 0.2) is 0 Å². The van der Waals surface area contributed by atoms with Crippen molar-refractivity contribution in [2.75, 3.05) is 0 Å². The second-order valence-electron chi connectivity index (χ2n) is 4.48. The molecule has 2 aliphatic heterocycles. The molecule has 4 rings (SSSR count). The third-order valence-corrected chi connectivity index (χ3v) is 3.36. The summed E-state index contributed by atoms with van der Waals surface area (Å²) >= 11 is 0. The van der Waals surface area contributed by atoms with Crippen LogP contribution in [0.1, 0.15) is 16.7 Å². The molecule has 0 aromatic heterocycles. The highest BCUT2D eigenvalue weighted by Crippen LogP contribution is 2.35. The summed E-state index contributed by atoms with van der Waals surface area (Å²) in [6.45, 7) is 0.699. The molecule has 0 radical (unpaired) electrons. The molecule has 2 heterocycles. The van der Waals surface area contributed by atoms with Crippen molar-refractivity contribution in [3.63, 3.8) is 0 Å². The minimum absolute atomic E-state index is 0.699. The number of hydrogen-bond acceptors (Lipinski definition) is 2. The predicted molar refractivity (Wildman–Crippen MR) is 72.5 cm³/mol. The Labute approximate surface area is 105 Å².